The molecule has 6 nitrogen and oxygen atoms in total. The van der Waals surface area contributed by atoms with Crippen LogP contribution in [0.1, 0.15) is 47.2 Å². The van der Waals surface area contributed by atoms with Gasteiger partial charge in [0.1, 0.15) is 0 Å². The van der Waals surface area contributed by atoms with E-state index >= 15 is 0 Å². The monoisotopic (exact) mass is 385 g/mol. The molecule has 0 spiro atoms. The minimum absolute atomic E-state index is 0.0315. The van der Waals surface area contributed by atoms with Crippen LogP contribution in [-0.4, -0.2) is 36.3 Å². The lowest BCUT2D eigenvalue weighted by molar-refractivity contribution is 0.0729. The van der Waals surface area contributed by atoms with Crippen LogP contribution in [0.5, 0.6) is 0 Å². The highest BCUT2D eigenvalue weighted by atomic mass is 32.2. The average molecular weight is 385 g/mol. The summed E-state index contributed by atoms with van der Waals surface area (Å²) in [6.07, 6.45) is 7.17. The predicted octanol–water partition coefficient (Wildman–Crippen LogP) is 2.64. The number of carbonyl (C=O) groups excluding carboxylic acids is 1. The van der Waals surface area contributed by atoms with E-state index in [-0.39, 0.29) is 22.9 Å². The van der Waals surface area contributed by atoms with Crippen molar-refractivity contribution in [2.45, 2.75) is 56.1 Å². The van der Waals surface area contributed by atoms with E-state index in [0.29, 0.717) is 12.1 Å². The summed E-state index contributed by atoms with van der Waals surface area (Å²) in [5, 5.41) is 0. The third-order valence-corrected chi connectivity index (χ3v) is 6.49. The fourth-order valence-electron chi connectivity index (χ4n) is 3.08. The van der Waals surface area contributed by atoms with Gasteiger partial charge < -0.3 is 4.90 Å². The number of aryl methyl sites for hydroxylation is 1. The van der Waals surface area contributed by atoms with E-state index < -0.39 is 10.0 Å². The van der Waals surface area contributed by atoms with Crippen molar-refractivity contribution in [1.29, 1.82) is 0 Å². The van der Waals surface area contributed by atoms with Crippen LogP contribution in [0.15, 0.2) is 47.6 Å². The van der Waals surface area contributed by atoms with Gasteiger partial charge in [-0.3, -0.25) is 9.78 Å². The number of hydrogen-bond acceptors (Lipinski definition) is 4. The van der Waals surface area contributed by atoms with Crippen LogP contribution in [-0.2, 0) is 16.6 Å². The minimum atomic E-state index is -3.59. The van der Waals surface area contributed by atoms with E-state index in [1.54, 1.807) is 24.5 Å². The second-order valence-corrected chi connectivity index (χ2v) is 9.11. The number of sulfonamides is 1. The lowest BCUT2D eigenvalue weighted by Gasteiger charge is -2.23. The van der Waals surface area contributed by atoms with Crippen molar-refractivity contribution >= 4 is 15.9 Å². The summed E-state index contributed by atoms with van der Waals surface area (Å²) in [7, 11) is -3.59. The summed E-state index contributed by atoms with van der Waals surface area (Å²) >= 11 is 0. The summed E-state index contributed by atoms with van der Waals surface area (Å²) < 4.78 is 27.7. The number of pyridine rings is 1. The number of hydrogen-bond donors (Lipinski definition) is 1. The van der Waals surface area contributed by atoms with Crippen molar-refractivity contribution in [1.82, 2.24) is 14.6 Å². The van der Waals surface area contributed by atoms with Gasteiger partial charge >= 0.3 is 0 Å². The summed E-state index contributed by atoms with van der Waals surface area (Å²) in [6.45, 7) is 2.32. The van der Waals surface area contributed by atoms with Crippen molar-refractivity contribution in [3.05, 3.63) is 59.4 Å². The van der Waals surface area contributed by atoms with Crippen LogP contribution < -0.4 is 4.72 Å². The van der Waals surface area contributed by atoms with Crippen LogP contribution in [0.2, 0.25) is 0 Å². The second kappa shape index (κ2) is 7.05. The van der Waals surface area contributed by atoms with Gasteiger partial charge in [-0.05, 0) is 61.9 Å². The molecule has 1 N–H and O–H groups in total. The number of rotatable bonds is 7. The molecule has 0 atom stereocenters. The van der Waals surface area contributed by atoms with E-state index in [4.69, 9.17) is 0 Å². The van der Waals surface area contributed by atoms with Gasteiger partial charge in [0.25, 0.3) is 5.91 Å². The summed E-state index contributed by atoms with van der Waals surface area (Å²) in [6, 6.07) is 8.84. The molecule has 27 heavy (non-hydrogen) atoms. The standard InChI is InChI=1S/C20H23N3O3S/c1-14-4-9-18(27(25,26)22-16-5-6-16)11-19(14)20(24)23(17-7-8-17)13-15-3-2-10-21-12-15/h2-4,9-12,16-17,22H,5-8,13H2,1H3. The second-order valence-electron chi connectivity index (χ2n) is 7.40. The van der Waals surface area contributed by atoms with E-state index in [2.05, 4.69) is 9.71 Å². The van der Waals surface area contributed by atoms with Crippen LogP contribution >= 0.6 is 0 Å². The summed E-state index contributed by atoms with van der Waals surface area (Å²) in [5.41, 5.74) is 2.20. The quantitative estimate of drug-likeness (QED) is 0.795. The molecule has 0 radical (unpaired) electrons. The molecule has 0 saturated heterocycles. The highest BCUT2D eigenvalue weighted by Gasteiger charge is 2.34. The third-order valence-electron chi connectivity index (χ3n) is 4.97. The van der Waals surface area contributed by atoms with Crippen LogP contribution in [0.25, 0.3) is 0 Å². The highest BCUT2D eigenvalue weighted by Crippen LogP contribution is 2.31. The Morgan fingerprint density at radius 3 is 2.63 bits per heavy atom. The van der Waals surface area contributed by atoms with Crippen molar-refractivity contribution in [3.8, 4) is 0 Å². The van der Waals surface area contributed by atoms with Gasteiger partial charge in [0, 0.05) is 36.6 Å². The van der Waals surface area contributed by atoms with Crippen molar-refractivity contribution in [2.75, 3.05) is 0 Å². The molecule has 0 bridgehead atoms. The Hall–Kier alpha value is -2.25. The van der Waals surface area contributed by atoms with Gasteiger partial charge in [-0.2, -0.15) is 0 Å². The molecule has 1 amide bonds. The van der Waals surface area contributed by atoms with Crippen LogP contribution in [0.3, 0.4) is 0 Å². The Bertz CT molecular complexity index is 952. The number of aromatic nitrogens is 1. The number of nitrogens with one attached hydrogen (secondary N) is 1. The summed E-state index contributed by atoms with van der Waals surface area (Å²) in [4.78, 5) is 19.4. The molecular weight excluding hydrogens is 362 g/mol. The highest BCUT2D eigenvalue weighted by molar-refractivity contribution is 7.89. The Labute approximate surface area is 159 Å². The molecule has 0 aliphatic heterocycles. The Kier molecular flexibility index (Phi) is 4.74. The van der Waals surface area contributed by atoms with Crippen LogP contribution in [0.4, 0.5) is 0 Å². The molecule has 7 heteroatoms. The minimum Gasteiger partial charge on any atom is -0.331 e. The summed E-state index contributed by atoms with van der Waals surface area (Å²) in [5.74, 6) is -0.123. The first-order valence-corrected chi connectivity index (χ1v) is 10.8. The third kappa shape index (κ3) is 4.20. The molecule has 1 aromatic heterocycles. The molecule has 2 aliphatic rings. The topological polar surface area (TPSA) is 79.4 Å². The zero-order valence-corrected chi connectivity index (χ0v) is 16.1. The van der Waals surface area contributed by atoms with E-state index in [0.717, 1.165) is 36.8 Å². The molecular formula is C20H23N3O3S. The van der Waals surface area contributed by atoms with Gasteiger partial charge in [-0.25, -0.2) is 13.1 Å². The Balaban J connectivity index is 1.62. The fraction of sp³-hybridized carbons (Fsp3) is 0.400. The smallest absolute Gasteiger partial charge is 0.254 e. The number of carbonyl (C=O) groups is 1. The molecule has 2 fully saturated rings. The maximum absolute atomic E-state index is 13.3. The SMILES string of the molecule is Cc1ccc(S(=O)(=O)NC2CC2)cc1C(=O)N(Cc1cccnc1)C1CC1. The molecule has 0 unspecified atom stereocenters. The molecule has 4 rings (SSSR count). The van der Waals surface area contributed by atoms with Gasteiger partial charge in [-0.1, -0.05) is 12.1 Å². The zero-order chi connectivity index (χ0) is 19.0. The molecule has 2 aromatic rings. The van der Waals surface area contributed by atoms with Crippen molar-refractivity contribution in [2.24, 2.45) is 0 Å². The molecule has 142 valence electrons. The average Bonchev–Trinajstić information content (AvgIpc) is 3.55. The maximum Gasteiger partial charge on any atom is 0.254 e. The van der Waals surface area contributed by atoms with E-state index in [9.17, 15) is 13.2 Å². The Morgan fingerprint density at radius 1 is 1.22 bits per heavy atom. The molecule has 2 saturated carbocycles. The van der Waals surface area contributed by atoms with Crippen molar-refractivity contribution in [3.63, 3.8) is 0 Å². The van der Waals surface area contributed by atoms with Gasteiger partial charge in [-0.15, -0.1) is 0 Å². The number of nitrogens with zero attached hydrogens (tertiary/aromatic N) is 2. The number of benzene rings is 1. The first kappa shape index (κ1) is 18.1. The first-order chi connectivity index (χ1) is 12.9. The van der Waals surface area contributed by atoms with Gasteiger partial charge in [0.2, 0.25) is 10.0 Å². The van der Waals surface area contributed by atoms with E-state index in [1.165, 1.54) is 6.07 Å². The molecule has 2 aliphatic carbocycles. The molecule has 1 aromatic carbocycles. The fourth-order valence-corrected chi connectivity index (χ4v) is 4.41. The van der Waals surface area contributed by atoms with Crippen LogP contribution in [0, 0.1) is 6.92 Å². The largest absolute Gasteiger partial charge is 0.331 e. The first-order valence-electron chi connectivity index (χ1n) is 9.27. The normalized spacial score (nSPS) is 16.9. The lowest BCUT2D eigenvalue weighted by atomic mass is 10.1. The molecule has 1 heterocycles. The van der Waals surface area contributed by atoms with Gasteiger partial charge in [0.15, 0.2) is 0 Å². The maximum atomic E-state index is 13.3. The lowest BCUT2D eigenvalue weighted by Crippen LogP contribution is -2.33. The zero-order valence-electron chi connectivity index (χ0n) is 15.3. The van der Waals surface area contributed by atoms with Crippen molar-refractivity contribution < 1.29 is 13.2 Å². The van der Waals surface area contributed by atoms with E-state index in [1.807, 2.05) is 24.0 Å². The Morgan fingerprint density at radius 2 is 2.00 bits per heavy atom. The number of amides is 1. The van der Waals surface area contributed by atoms with Gasteiger partial charge in [0.05, 0.1) is 4.90 Å². The predicted molar refractivity (Wildman–Crippen MR) is 102 cm³/mol.